The molecule has 1 saturated heterocycles. The van der Waals surface area contributed by atoms with E-state index in [0.717, 1.165) is 42.5 Å². The number of rotatable bonds is 4. The van der Waals surface area contributed by atoms with Crippen molar-refractivity contribution in [2.75, 3.05) is 24.3 Å². The molecule has 2 aromatic rings. The van der Waals surface area contributed by atoms with E-state index in [0.29, 0.717) is 29.6 Å². The molecule has 0 unspecified atom stereocenters. The number of hydrogen-bond donors (Lipinski definition) is 1. The first-order valence-electron chi connectivity index (χ1n) is 11.5. The van der Waals surface area contributed by atoms with Gasteiger partial charge in [-0.2, -0.15) is 0 Å². The molecule has 2 fully saturated rings. The Morgan fingerprint density at radius 2 is 2.00 bits per heavy atom. The number of nitrogens with zero attached hydrogens (tertiary/aromatic N) is 2. The highest BCUT2D eigenvalue weighted by Gasteiger charge is 2.59. The number of nitrogens with one attached hydrogen (secondary N) is 1. The van der Waals surface area contributed by atoms with Gasteiger partial charge in [0.05, 0.1) is 19.3 Å². The summed E-state index contributed by atoms with van der Waals surface area (Å²) in [6, 6.07) is 13.2. The van der Waals surface area contributed by atoms with Crippen LogP contribution in [0.15, 0.2) is 42.5 Å². The van der Waals surface area contributed by atoms with Gasteiger partial charge in [-0.05, 0) is 42.7 Å². The Morgan fingerprint density at radius 1 is 1.21 bits per heavy atom. The standard InChI is InChI=1S/C25H28ClN3O3S/c1-32-19-11-12-22-20(15-19)25(23(30)28(22)16-17-7-5-6-10-21(17)26)29(13-14-33-25)24(31)27-18-8-3-2-4-9-18/h5-7,10-12,15,18H,2-4,8-9,13-14,16H2,1H3,(H,27,31)/t25-/m0/s1. The fourth-order valence-corrected chi connectivity index (χ4v) is 6.82. The van der Waals surface area contributed by atoms with E-state index in [1.807, 2.05) is 42.5 Å². The molecule has 174 valence electrons. The van der Waals surface area contributed by atoms with Gasteiger partial charge in [-0.3, -0.25) is 9.69 Å². The lowest BCUT2D eigenvalue weighted by Gasteiger charge is -2.35. The number of amides is 3. The summed E-state index contributed by atoms with van der Waals surface area (Å²) in [5.41, 5.74) is 2.47. The molecule has 6 nitrogen and oxygen atoms in total. The van der Waals surface area contributed by atoms with Crippen LogP contribution in [0.25, 0.3) is 0 Å². The molecule has 3 amide bonds. The van der Waals surface area contributed by atoms with Crippen molar-refractivity contribution in [1.29, 1.82) is 0 Å². The number of hydrogen-bond acceptors (Lipinski definition) is 4. The predicted molar refractivity (Wildman–Crippen MR) is 132 cm³/mol. The Hall–Kier alpha value is -2.38. The van der Waals surface area contributed by atoms with Gasteiger partial charge in [-0.1, -0.05) is 49.1 Å². The molecule has 3 aliphatic rings. The highest BCUT2D eigenvalue weighted by atomic mass is 35.5. The number of thioether (sulfide) groups is 1. The van der Waals surface area contributed by atoms with Gasteiger partial charge in [0, 0.05) is 28.9 Å². The smallest absolute Gasteiger partial charge is 0.319 e. The second kappa shape index (κ2) is 9.11. The van der Waals surface area contributed by atoms with Gasteiger partial charge >= 0.3 is 6.03 Å². The van der Waals surface area contributed by atoms with E-state index in [9.17, 15) is 9.59 Å². The van der Waals surface area contributed by atoms with Gasteiger partial charge in [-0.15, -0.1) is 11.8 Å². The number of anilines is 1. The summed E-state index contributed by atoms with van der Waals surface area (Å²) in [5.74, 6) is 1.26. The van der Waals surface area contributed by atoms with Crippen LogP contribution in [0.5, 0.6) is 5.75 Å². The quantitative estimate of drug-likeness (QED) is 0.651. The van der Waals surface area contributed by atoms with Crippen LogP contribution in [-0.4, -0.2) is 42.3 Å². The van der Waals surface area contributed by atoms with E-state index in [-0.39, 0.29) is 18.0 Å². The maximum atomic E-state index is 14.1. The number of carbonyl (C=O) groups excluding carboxylic acids is 2. The van der Waals surface area contributed by atoms with Gasteiger partial charge in [0.2, 0.25) is 0 Å². The Labute approximate surface area is 203 Å². The monoisotopic (exact) mass is 485 g/mol. The van der Waals surface area contributed by atoms with Gasteiger partial charge < -0.3 is 15.0 Å². The van der Waals surface area contributed by atoms with Crippen LogP contribution in [0.1, 0.15) is 43.2 Å². The van der Waals surface area contributed by atoms with Gasteiger partial charge in [0.25, 0.3) is 5.91 Å². The van der Waals surface area contributed by atoms with E-state index in [1.165, 1.54) is 18.2 Å². The van der Waals surface area contributed by atoms with E-state index >= 15 is 0 Å². The molecule has 0 aromatic heterocycles. The van der Waals surface area contributed by atoms with Gasteiger partial charge in [-0.25, -0.2) is 4.79 Å². The molecule has 2 heterocycles. The minimum Gasteiger partial charge on any atom is -0.497 e. The third kappa shape index (κ3) is 3.85. The third-order valence-electron chi connectivity index (χ3n) is 6.86. The van der Waals surface area contributed by atoms with Crippen LogP contribution in [-0.2, 0) is 16.2 Å². The van der Waals surface area contributed by atoms with Crippen LogP contribution in [0, 0.1) is 0 Å². The first kappa shape index (κ1) is 22.4. The van der Waals surface area contributed by atoms with Crippen molar-refractivity contribution in [3.05, 3.63) is 58.6 Å². The minimum atomic E-state index is -1.09. The Kier molecular flexibility index (Phi) is 6.18. The average Bonchev–Trinajstić information content (AvgIpc) is 3.38. The number of methoxy groups -OCH3 is 1. The van der Waals surface area contributed by atoms with Crippen molar-refractivity contribution >= 4 is 41.0 Å². The molecule has 2 aliphatic heterocycles. The summed E-state index contributed by atoms with van der Waals surface area (Å²) in [5, 5.41) is 3.83. The number of ether oxygens (including phenoxy) is 1. The molecular weight excluding hydrogens is 458 g/mol. The van der Waals surface area contributed by atoms with Crippen LogP contribution in [0.4, 0.5) is 10.5 Å². The van der Waals surface area contributed by atoms with E-state index in [4.69, 9.17) is 16.3 Å². The zero-order chi connectivity index (χ0) is 23.0. The second-order valence-corrected chi connectivity index (χ2v) is 10.5. The molecule has 1 spiro atoms. The molecule has 0 bridgehead atoms. The first-order chi connectivity index (χ1) is 16.0. The fourth-order valence-electron chi connectivity index (χ4n) is 5.17. The topological polar surface area (TPSA) is 61.9 Å². The molecule has 1 aliphatic carbocycles. The molecule has 1 N–H and O–H groups in total. The zero-order valence-electron chi connectivity index (χ0n) is 18.7. The lowest BCUT2D eigenvalue weighted by Crippen LogP contribution is -2.55. The van der Waals surface area contributed by atoms with Gasteiger partial charge in [0.15, 0.2) is 4.87 Å². The molecule has 8 heteroatoms. The van der Waals surface area contributed by atoms with Crippen molar-refractivity contribution in [2.24, 2.45) is 0 Å². The van der Waals surface area contributed by atoms with E-state index in [1.54, 1.807) is 16.9 Å². The molecule has 2 aromatic carbocycles. The lowest BCUT2D eigenvalue weighted by atomic mass is 9.95. The Bertz CT molecular complexity index is 1070. The maximum Gasteiger partial charge on any atom is 0.319 e. The zero-order valence-corrected chi connectivity index (χ0v) is 20.3. The Balaban J connectivity index is 1.52. The summed E-state index contributed by atoms with van der Waals surface area (Å²) >= 11 is 7.95. The van der Waals surface area contributed by atoms with Crippen LogP contribution in [0.3, 0.4) is 0 Å². The normalized spacial score (nSPS) is 22.7. The van der Waals surface area contributed by atoms with Crippen molar-refractivity contribution in [3.8, 4) is 5.75 Å². The molecule has 1 atom stereocenters. The second-order valence-electron chi connectivity index (χ2n) is 8.79. The predicted octanol–water partition coefficient (Wildman–Crippen LogP) is 5.14. The van der Waals surface area contributed by atoms with Crippen molar-refractivity contribution in [3.63, 3.8) is 0 Å². The van der Waals surface area contributed by atoms with Crippen LogP contribution >= 0.6 is 23.4 Å². The third-order valence-corrected chi connectivity index (χ3v) is 8.65. The SMILES string of the molecule is COc1ccc2c(c1)[C@]1(SCCN1C(=O)NC1CCCCC1)C(=O)N2Cc1ccccc1Cl. The summed E-state index contributed by atoms with van der Waals surface area (Å²) < 4.78 is 5.49. The summed E-state index contributed by atoms with van der Waals surface area (Å²) in [7, 11) is 1.61. The van der Waals surface area contributed by atoms with Crippen molar-refractivity contribution < 1.29 is 14.3 Å². The number of halogens is 1. The van der Waals surface area contributed by atoms with Crippen molar-refractivity contribution in [2.45, 2.75) is 49.6 Å². The Morgan fingerprint density at radius 3 is 2.76 bits per heavy atom. The van der Waals surface area contributed by atoms with Crippen LogP contribution in [0.2, 0.25) is 5.02 Å². The fraction of sp³-hybridized carbons (Fsp3) is 0.440. The number of fused-ring (bicyclic) bond motifs is 2. The van der Waals surface area contributed by atoms with Gasteiger partial charge in [0.1, 0.15) is 5.75 Å². The summed E-state index contributed by atoms with van der Waals surface area (Å²) in [6.07, 6.45) is 5.48. The number of carbonyl (C=O) groups is 2. The highest BCUT2D eigenvalue weighted by Crippen LogP contribution is 2.55. The maximum absolute atomic E-state index is 14.1. The number of benzene rings is 2. The highest BCUT2D eigenvalue weighted by molar-refractivity contribution is 8.01. The number of urea groups is 1. The van der Waals surface area contributed by atoms with Crippen molar-refractivity contribution in [1.82, 2.24) is 10.2 Å². The van der Waals surface area contributed by atoms with Crippen LogP contribution < -0.4 is 15.0 Å². The first-order valence-corrected chi connectivity index (χ1v) is 12.9. The summed E-state index contributed by atoms with van der Waals surface area (Å²) in [4.78, 5) is 30.0. The van der Waals surface area contributed by atoms with E-state index in [2.05, 4.69) is 5.32 Å². The molecule has 1 saturated carbocycles. The van der Waals surface area contributed by atoms with E-state index < -0.39 is 4.87 Å². The molecule has 33 heavy (non-hydrogen) atoms. The molecule has 0 radical (unpaired) electrons. The largest absolute Gasteiger partial charge is 0.497 e. The minimum absolute atomic E-state index is 0.105. The summed E-state index contributed by atoms with van der Waals surface area (Å²) in [6.45, 7) is 0.865. The molecular formula is C25H28ClN3O3S. The molecule has 5 rings (SSSR count). The average molecular weight is 486 g/mol. The lowest BCUT2D eigenvalue weighted by molar-refractivity contribution is -0.123.